The maximum Gasteiger partial charge on any atom is 0.266 e. The van der Waals surface area contributed by atoms with Crippen molar-refractivity contribution in [2.45, 2.75) is 25.8 Å². The van der Waals surface area contributed by atoms with E-state index < -0.39 is 9.84 Å². The van der Waals surface area contributed by atoms with Crippen LogP contribution in [0.3, 0.4) is 0 Å². The molecule has 0 radical (unpaired) electrons. The van der Waals surface area contributed by atoms with Crippen LogP contribution in [-0.2, 0) is 21.0 Å². The number of nitrogens with zero attached hydrogens (tertiary/aromatic N) is 2. The fourth-order valence-corrected chi connectivity index (χ4v) is 6.08. The van der Waals surface area contributed by atoms with E-state index in [2.05, 4.69) is 4.98 Å². The summed E-state index contributed by atoms with van der Waals surface area (Å²) < 4.78 is 41.9. The number of amides is 1. The van der Waals surface area contributed by atoms with Crippen LogP contribution >= 0.6 is 11.3 Å². The molecular weight excluding hydrogens is 403 g/mol. The largest absolute Gasteiger partial charge is 0.383 e. The van der Waals surface area contributed by atoms with E-state index in [0.717, 1.165) is 10.6 Å². The smallest absolute Gasteiger partial charge is 0.266 e. The van der Waals surface area contributed by atoms with Crippen molar-refractivity contribution in [3.63, 3.8) is 0 Å². The molecular formula is C19H23FN2O4S2. The number of carbonyl (C=O) groups excluding carboxylic acids is 1. The predicted molar refractivity (Wildman–Crippen MR) is 106 cm³/mol. The van der Waals surface area contributed by atoms with Gasteiger partial charge >= 0.3 is 0 Å². The maximum atomic E-state index is 13.2. The van der Waals surface area contributed by atoms with Gasteiger partial charge in [0.1, 0.15) is 10.7 Å². The lowest BCUT2D eigenvalue weighted by Crippen LogP contribution is -2.43. The molecule has 1 aromatic heterocycles. The van der Waals surface area contributed by atoms with Gasteiger partial charge in [0.25, 0.3) is 5.91 Å². The summed E-state index contributed by atoms with van der Waals surface area (Å²) in [7, 11) is -1.56. The number of carbonyl (C=O) groups is 1. The van der Waals surface area contributed by atoms with Gasteiger partial charge in [0.2, 0.25) is 0 Å². The van der Waals surface area contributed by atoms with Crippen LogP contribution in [0, 0.1) is 12.7 Å². The SMILES string of the molecule is COCCN(C(=O)c1sc(Cc2ccc(F)cc2)nc1C)C1CCS(=O)(=O)C1. The molecule has 0 N–H and O–H groups in total. The van der Waals surface area contributed by atoms with E-state index in [9.17, 15) is 17.6 Å². The summed E-state index contributed by atoms with van der Waals surface area (Å²) in [5, 5.41) is 0.762. The molecule has 6 nitrogen and oxygen atoms in total. The Morgan fingerprint density at radius 2 is 2.07 bits per heavy atom. The number of methoxy groups -OCH3 is 1. The van der Waals surface area contributed by atoms with E-state index >= 15 is 0 Å². The lowest BCUT2D eigenvalue weighted by atomic mass is 10.1. The fourth-order valence-electron chi connectivity index (χ4n) is 3.29. The number of hydrogen-bond donors (Lipinski definition) is 0. The highest BCUT2D eigenvalue weighted by molar-refractivity contribution is 7.91. The van der Waals surface area contributed by atoms with Crippen LogP contribution in [0.4, 0.5) is 4.39 Å². The Labute approximate surface area is 168 Å². The summed E-state index contributed by atoms with van der Waals surface area (Å²) in [4.78, 5) is 19.8. The Morgan fingerprint density at radius 3 is 2.68 bits per heavy atom. The molecule has 3 rings (SSSR count). The lowest BCUT2D eigenvalue weighted by molar-refractivity contribution is 0.0628. The molecule has 1 atom stereocenters. The van der Waals surface area contributed by atoms with Gasteiger partial charge in [-0.2, -0.15) is 0 Å². The van der Waals surface area contributed by atoms with Crippen molar-refractivity contribution in [1.29, 1.82) is 0 Å². The summed E-state index contributed by atoms with van der Waals surface area (Å²) in [5.74, 6) is -0.413. The van der Waals surface area contributed by atoms with Crippen molar-refractivity contribution >= 4 is 27.1 Å². The highest BCUT2D eigenvalue weighted by atomic mass is 32.2. The summed E-state index contributed by atoms with van der Waals surface area (Å²) in [6.45, 7) is 2.44. The zero-order chi connectivity index (χ0) is 20.3. The van der Waals surface area contributed by atoms with Crippen LogP contribution in [0.2, 0.25) is 0 Å². The fraction of sp³-hybridized carbons (Fsp3) is 0.474. The number of hydrogen-bond acceptors (Lipinski definition) is 6. The molecule has 0 saturated carbocycles. The minimum Gasteiger partial charge on any atom is -0.383 e. The Bertz CT molecular complexity index is 941. The Balaban J connectivity index is 1.80. The predicted octanol–water partition coefficient (Wildman–Crippen LogP) is 2.46. The molecule has 1 fully saturated rings. The minimum atomic E-state index is -3.11. The molecule has 1 aromatic carbocycles. The molecule has 1 aliphatic rings. The van der Waals surface area contributed by atoms with Crippen molar-refractivity contribution in [2.75, 3.05) is 31.8 Å². The van der Waals surface area contributed by atoms with Gasteiger partial charge in [0.05, 0.1) is 28.8 Å². The molecule has 1 amide bonds. The second-order valence-electron chi connectivity index (χ2n) is 6.87. The van der Waals surface area contributed by atoms with Gasteiger partial charge in [-0.1, -0.05) is 12.1 Å². The van der Waals surface area contributed by atoms with Crippen LogP contribution in [0.1, 0.15) is 32.4 Å². The number of thiazole rings is 1. The third-order valence-corrected chi connectivity index (χ3v) is 7.65. The maximum absolute atomic E-state index is 13.2. The van der Waals surface area contributed by atoms with E-state index in [4.69, 9.17) is 4.74 Å². The van der Waals surface area contributed by atoms with E-state index in [1.165, 1.54) is 23.5 Å². The number of aryl methyl sites for hydroxylation is 1. The average molecular weight is 427 g/mol. The molecule has 2 aromatic rings. The van der Waals surface area contributed by atoms with Crippen molar-refractivity contribution in [2.24, 2.45) is 0 Å². The number of sulfone groups is 1. The number of rotatable bonds is 7. The lowest BCUT2D eigenvalue weighted by Gasteiger charge is -2.27. The molecule has 9 heteroatoms. The second-order valence-corrected chi connectivity index (χ2v) is 10.2. The Kier molecular flexibility index (Phi) is 6.47. The van der Waals surface area contributed by atoms with Gasteiger partial charge in [-0.15, -0.1) is 11.3 Å². The van der Waals surface area contributed by atoms with Gasteiger partial charge < -0.3 is 9.64 Å². The molecule has 1 saturated heterocycles. The normalized spacial score (nSPS) is 18.3. The first-order chi connectivity index (χ1) is 13.3. The van der Waals surface area contributed by atoms with Crippen LogP contribution in [0.15, 0.2) is 24.3 Å². The zero-order valence-corrected chi connectivity index (χ0v) is 17.5. The van der Waals surface area contributed by atoms with Crippen LogP contribution in [0.5, 0.6) is 0 Å². The summed E-state index contributed by atoms with van der Waals surface area (Å²) in [6.07, 6.45) is 0.951. The topological polar surface area (TPSA) is 76.6 Å². The van der Waals surface area contributed by atoms with Crippen molar-refractivity contribution < 1.29 is 22.3 Å². The standard InChI is InChI=1S/C19H23FN2O4S2/c1-13-18(27-17(21-13)11-14-3-5-15(20)6-4-14)19(23)22(8-9-26-2)16-7-10-28(24,25)12-16/h3-6,16H,7-12H2,1-2H3. The highest BCUT2D eigenvalue weighted by Gasteiger charge is 2.35. The van der Waals surface area contributed by atoms with E-state index in [-0.39, 0.29) is 29.3 Å². The van der Waals surface area contributed by atoms with Crippen LogP contribution < -0.4 is 0 Å². The summed E-state index contributed by atoms with van der Waals surface area (Å²) in [5.41, 5.74) is 1.53. The zero-order valence-electron chi connectivity index (χ0n) is 15.9. The number of aromatic nitrogens is 1. The first-order valence-electron chi connectivity index (χ1n) is 9.00. The second kappa shape index (κ2) is 8.67. The first-order valence-corrected chi connectivity index (χ1v) is 11.6. The number of benzene rings is 1. The first kappa shape index (κ1) is 20.9. The third-order valence-electron chi connectivity index (χ3n) is 4.75. The van der Waals surface area contributed by atoms with Crippen LogP contribution in [-0.4, -0.2) is 62.0 Å². The number of ether oxygens (including phenoxy) is 1. The van der Waals surface area contributed by atoms with E-state index in [0.29, 0.717) is 36.6 Å². The molecule has 0 bridgehead atoms. The molecule has 2 heterocycles. The average Bonchev–Trinajstić information content (AvgIpc) is 3.19. The summed E-state index contributed by atoms with van der Waals surface area (Å²) in [6, 6.07) is 5.85. The van der Waals surface area contributed by atoms with Crippen molar-refractivity contribution in [3.8, 4) is 0 Å². The monoisotopic (exact) mass is 426 g/mol. The van der Waals surface area contributed by atoms with Gasteiger partial charge in [0.15, 0.2) is 9.84 Å². The molecule has 28 heavy (non-hydrogen) atoms. The molecule has 0 spiro atoms. The van der Waals surface area contributed by atoms with Gasteiger partial charge in [-0.25, -0.2) is 17.8 Å². The minimum absolute atomic E-state index is 0.0112. The molecule has 1 aliphatic heterocycles. The van der Waals surface area contributed by atoms with Gasteiger partial charge in [-0.3, -0.25) is 4.79 Å². The number of halogens is 1. The molecule has 1 unspecified atom stereocenters. The quantitative estimate of drug-likeness (QED) is 0.680. The van der Waals surface area contributed by atoms with E-state index in [1.54, 1.807) is 31.1 Å². The Hall–Kier alpha value is -1.84. The third kappa shape index (κ3) is 4.95. The Morgan fingerprint density at radius 1 is 1.36 bits per heavy atom. The summed E-state index contributed by atoms with van der Waals surface area (Å²) >= 11 is 1.30. The van der Waals surface area contributed by atoms with Gasteiger partial charge in [-0.05, 0) is 31.0 Å². The molecule has 152 valence electrons. The van der Waals surface area contributed by atoms with Crippen LogP contribution in [0.25, 0.3) is 0 Å². The van der Waals surface area contributed by atoms with E-state index in [1.807, 2.05) is 0 Å². The van der Waals surface area contributed by atoms with Crippen molar-refractivity contribution in [3.05, 3.63) is 51.2 Å². The van der Waals surface area contributed by atoms with Crippen molar-refractivity contribution in [1.82, 2.24) is 9.88 Å². The highest BCUT2D eigenvalue weighted by Crippen LogP contribution is 2.26. The molecule has 0 aliphatic carbocycles. The van der Waals surface area contributed by atoms with Gasteiger partial charge in [0, 0.05) is 26.1 Å².